The fourth-order valence-electron chi connectivity index (χ4n) is 2.62. The van der Waals surface area contributed by atoms with E-state index in [2.05, 4.69) is 13.8 Å². The first kappa shape index (κ1) is 16.1. The first-order valence-electron chi connectivity index (χ1n) is 6.54. The van der Waals surface area contributed by atoms with Crippen LogP contribution in [-0.2, 0) is 14.4 Å². The molecule has 0 aromatic carbocycles. The summed E-state index contributed by atoms with van der Waals surface area (Å²) in [5, 5.41) is 17.5. The molecule has 1 rings (SSSR count). The lowest BCUT2D eigenvalue weighted by atomic mass is 9.72. The minimum Gasteiger partial charge on any atom is -0.480 e. The molecular weight excluding hydrogens is 260 g/mol. The topological polar surface area (TPSA) is 91.7 Å². The van der Waals surface area contributed by atoms with Gasteiger partial charge >= 0.3 is 11.9 Å². The lowest BCUT2D eigenvalue weighted by Gasteiger charge is -2.32. The number of aliphatic carboxylic acids is 2. The van der Waals surface area contributed by atoms with Crippen molar-refractivity contribution in [1.29, 1.82) is 0 Å². The molecule has 0 aromatic rings. The Labute approximate surface area is 118 Å². The molecule has 0 aromatic heterocycles. The number of carboxylic acid groups (broad SMARTS) is 2. The molecule has 0 saturated heterocycles. The molecule has 20 heavy (non-hydrogen) atoms. The van der Waals surface area contributed by atoms with E-state index in [9.17, 15) is 14.4 Å². The normalized spacial score (nSPS) is 18.6. The van der Waals surface area contributed by atoms with E-state index in [1.165, 1.54) is 0 Å². The second kappa shape index (κ2) is 6.03. The van der Waals surface area contributed by atoms with Crippen LogP contribution in [0.15, 0.2) is 23.3 Å². The van der Waals surface area contributed by atoms with Crippen molar-refractivity contribution in [2.24, 2.45) is 11.3 Å². The van der Waals surface area contributed by atoms with E-state index in [0.29, 0.717) is 0 Å². The third-order valence-corrected chi connectivity index (χ3v) is 3.74. The molecule has 0 spiro atoms. The van der Waals surface area contributed by atoms with Crippen LogP contribution in [0.2, 0.25) is 0 Å². The fourth-order valence-corrected chi connectivity index (χ4v) is 2.62. The maximum Gasteiger partial charge on any atom is 0.325 e. The number of ketones is 1. The van der Waals surface area contributed by atoms with E-state index < -0.39 is 23.6 Å². The van der Waals surface area contributed by atoms with Crippen molar-refractivity contribution >= 4 is 17.7 Å². The second-order valence-electron chi connectivity index (χ2n) is 5.78. The van der Waals surface area contributed by atoms with Gasteiger partial charge in [0.25, 0.3) is 0 Å². The molecule has 0 fully saturated rings. The molecule has 110 valence electrons. The average molecular weight is 280 g/mol. The zero-order valence-corrected chi connectivity index (χ0v) is 12.0. The summed E-state index contributed by atoms with van der Waals surface area (Å²) in [6, 6.07) is 0. The molecule has 0 atom stereocenters. The van der Waals surface area contributed by atoms with Gasteiger partial charge in [0.05, 0.1) is 0 Å². The van der Waals surface area contributed by atoms with Crippen LogP contribution in [0.1, 0.15) is 40.0 Å². The smallest absolute Gasteiger partial charge is 0.325 e. The maximum absolute atomic E-state index is 11.7. The summed E-state index contributed by atoms with van der Waals surface area (Å²) >= 11 is 0. The fraction of sp³-hybridized carbons (Fsp3) is 0.533. The summed E-state index contributed by atoms with van der Waals surface area (Å²) in [4.78, 5) is 33.3. The molecule has 0 unspecified atom stereocenters. The molecule has 5 heteroatoms. The number of rotatable bonds is 5. The number of hydrogen-bond acceptors (Lipinski definition) is 3. The molecule has 0 aliphatic heterocycles. The van der Waals surface area contributed by atoms with Gasteiger partial charge in [0.1, 0.15) is 0 Å². The van der Waals surface area contributed by atoms with E-state index in [4.69, 9.17) is 10.2 Å². The van der Waals surface area contributed by atoms with Crippen molar-refractivity contribution in [3.05, 3.63) is 23.3 Å². The van der Waals surface area contributed by atoms with Crippen LogP contribution in [0.4, 0.5) is 0 Å². The van der Waals surface area contributed by atoms with Gasteiger partial charge < -0.3 is 10.2 Å². The molecule has 0 heterocycles. The van der Waals surface area contributed by atoms with Gasteiger partial charge in [-0.25, -0.2) is 0 Å². The van der Waals surface area contributed by atoms with Gasteiger partial charge in [-0.2, -0.15) is 0 Å². The quantitative estimate of drug-likeness (QED) is 0.596. The van der Waals surface area contributed by atoms with Gasteiger partial charge in [-0.05, 0) is 43.3 Å². The van der Waals surface area contributed by atoms with Crippen LogP contribution in [0.25, 0.3) is 0 Å². The first-order chi connectivity index (χ1) is 9.16. The summed E-state index contributed by atoms with van der Waals surface area (Å²) < 4.78 is 0. The third-order valence-electron chi connectivity index (χ3n) is 3.74. The van der Waals surface area contributed by atoms with Crippen molar-refractivity contribution in [3.63, 3.8) is 0 Å². The van der Waals surface area contributed by atoms with E-state index in [1.54, 1.807) is 6.08 Å². The summed E-state index contributed by atoms with van der Waals surface area (Å²) in [5.74, 6) is -6.22. The monoisotopic (exact) mass is 280 g/mol. The van der Waals surface area contributed by atoms with Crippen LogP contribution in [0.5, 0.6) is 0 Å². The Morgan fingerprint density at radius 2 is 1.75 bits per heavy atom. The largest absolute Gasteiger partial charge is 0.480 e. The molecule has 2 N–H and O–H groups in total. The Kier molecular flexibility index (Phi) is 4.87. The molecule has 1 aliphatic rings. The lowest BCUT2D eigenvalue weighted by Crippen LogP contribution is -2.30. The highest BCUT2D eigenvalue weighted by atomic mass is 16.4. The predicted octanol–water partition coefficient (Wildman–Crippen LogP) is 2.42. The number of hydrogen-bond donors (Lipinski definition) is 2. The minimum atomic E-state index is -2.03. The molecule has 0 bridgehead atoms. The van der Waals surface area contributed by atoms with Crippen LogP contribution >= 0.6 is 0 Å². The van der Waals surface area contributed by atoms with Crippen molar-refractivity contribution in [3.8, 4) is 0 Å². The van der Waals surface area contributed by atoms with Crippen LogP contribution in [0, 0.1) is 11.3 Å². The number of carbonyl (C=O) groups is 3. The summed E-state index contributed by atoms with van der Waals surface area (Å²) in [7, 11) is 0. The zero-order chi connectivity index (χ0) is 15.5. The SMILES string of the molecule is CC1=C(C=CC(=O)C(C(=O)O)C(=O)O)C(C)(C)CCC1. The van der Waals surface area contributed by atoms with Gasteiger partial charge in [0, 0.05) is 0 Å². The Morgan fingerprint density at radius 1 is 1.20 bits per heavy atom. The minimum absolute atomic E-state index is 0.0823. The van der Waals surface area contributed by atoms with E-state index in [0.717, 1.165) is 36.5 Å². The average Bonchev–Trinajstić information content (AvgIpc) is 2.26. The highest BCUT2D eigenvalue weighted by Crippen LogP contribution is 2.40. The molecule has 0 amide bonds. The van der Waals surface area contributed by atoms with Crippen LogP contribution < -0.4 is 0 Å². The van der Waals surface area contributed by atoms with Crippen molar-refractivity contribution < 1.29 is 24.6 Å². The number of carboxylic acids is 2. The second-order valence-corrected chi connectivity index (χ2v) is 5.78. The number of allylic oxidation sites excluding steroid dienone is 4. The number of carbonyl (C=O) groups excluding carboxylic acids is 1. The first-order valence-corrected chi connectivity index (χ1v) is 6.54. The highest BCUT2D eigenvalue weighted by Gasteiger charge is 2.33. The third kappa shape index (κ3) is 3.56. The molecular formula is C15H20O5. The summed E-state index contributed by atoms with van der Waals surface area (Å²) in [6.45, 7) is 6.11. The van der Waals surface area contributed by atoms with Gasteiger partial charge in [-0.3, -0.25) is 14.4 Å². The molecule has 1 aliphatic carbocycles. The van der Waals surface area contributed by atoms with Crippen molar-refractivity contribution in [2.75, 3.05) is 0 Å². The zero-order valence-electron chi connectivity index (χ0n) is 12.0. The predicted molar refractivity (Wildman–Crippen MR) is 73.2 cm³/mol. The Balaban J connectivity index is 2.99. The Morgan fingerprint density at radius 3 is 2.20 bits per heavy atom. The van der Waals surface area contributed by atoms with Gasteiger partial charge in [-0.15, -0.1) is 0 Å². The standard InChI is InChI=1S/C15H20O5/c1-9-5-4-8-15(2,3)10(9)6-7-11(16)12(13(17)18)14(19)20/h6-7,12H,4-5,8H2,1-3H3,(H,17,18)(H,19,20). The Hall–Kier alpha value is -1.91. The Bertz CT molecular complexity index is 482. The maximum atomic E-state index is 11.7. The summed E-state index contributed by atoms with van der Waals surface area (Å²) in [6.07, 6.45) is 5.67. The summed E-state index contributed by atoms with van der Waals surface area (Å²) in [5.41, 5.74) is 2.07. The molecule has 5 nitrogen and oxygen atoms in total. The molecule has 0 radical (unpaired) electrons. The van der Waals surface area contributed by atoms with Gasteiger partial charge in [0.15, 0.2) is 5.78 Å². The van der Waals surface area contributed by atoms with Crippen molar-refractivity contribution in [2.45, 2.75) is 40.0 Å². The molecule has 0 saturated carbocycles. The van der Waals surface area contributed by atoms with Crippen molar-refractivity contribution in [1.82, 2.24) is 0 Å². The highest BCUT2D eigenvalue weighted by molar-refractivity contribution is 6.17. The van der Waals surface area contributed by atoms with Gasteiger partial charge in [0.2, 0.25) is 5.92 Å². The van der Waals surface area contributed by atoms with Gasteiger partial charge in [-0.1, -0.05) is 25.5 Å². The van der Waals surface area contributed by atoms with Crippen LogP contribution in [0.3, 0.4) is 0 Å². The van der Waals surface area contributed by atoms with E-state index in [-0.39, 0.29) is 5.41 Å². The lowest BCUT2D eigenvalue weighted by molar-refractivity contribution is -0.156. The van der Waals surface area contributed by atoms with E-state index in [1.807, 2.05) is 6.92 Å². The van der Waals surface area contributed by atoms with Crippen LogP contribution in [-0.4, -0.2) is 27.9 Å². The van der Waals surface area contributed by atoms with E-state index >= 15 is 0 Å².